The molecular weight excluding hydrogens is 773 g/mol. The van der Waals surface area contributed by atoms with E-state index in [2.05, 4.69) is 256 Å². The first-order valence-corrected chi connectivity index (χ1v) is 22.5. The predicted octanol–water partition coefficient (Wildman–Crippen LogP) is 17.2. The number of hydrogen-bond acceptors (Lipinski definition) is 2. The Bertz CT molecular complexity index is 3210. The second-order valence-corrected chi connectivity index (χ2v) is 18.6. The highest BCUT2D eigenvalue weighted by Gasteiger charge is 2.37. The highest BCUT2D eigenvalue weighted by molar-refractivity contribution is 5.93. The van der Waals surface area contributed by atoms with Crippen LogP contribution >= 0.6 is 0 Å². The monoisotopic (exact) mass is 820 g/mol. The Balaban J connectivity index is 0.918. The van der Waals surface area contributed by atoms with Gasteiger partial charge in [0, 0.05) is 45.0 Å². The number of rotatable bonds is 7. The molecule has 64 heavy (non-hydrogen) atoms. The Morgan fingerprint density at radius 1 is 0.250 bits per heavy atom. The van der Waals surface area contributed by atoms with Gasteiger partial charge in [-0.25, -0.2) is 0 Å². The van der Waals surface area contributed by atoms with Crippen LogP contribution in [0.3, 0.4) is 0 Å². The molecule has 2 aliphatic rings. The first-order chi connectivity index (χ1) is 31.2. The van der Waals surface area contributed by atoms with Crippen molar-refractivity contribution in [1.82, 2.24) is 0 Å². The quantitative estimate of drug-likeness (QED) is 0.158. The molecule has 0 fully saturated rings. The molecule has 0 unspecified atom stereocenters. The Morgan fingerprint density at radius 3 is 0.984 bits per heavy atom. The highest BCUT2D eigenvalue weighted by Crippen LogP contribution is 2.52. The molecule has 306 valence electrons. The van der Waals surface area contributed by atoms with Gasteiger partial charge >= 0.3 is 0 Å². The third kappa shape index (κ3) is 6.01. The van der Waals surface area contributed by atoms with Crippen LogP contribution in [-0.2, 0) is 10.8 Å². The summed E-state index contributed by atoms with van der Waals surface area (Å²) in [7, 11) is 0. The molecule has 0 bridgehead atoms. The molecule has 2 aliphatic carbocycles. The standard InChI is InChI=1S/C62H48N2/c1-61(2)57-19-11-9-17-53(57)55-35-33-51(39-59(55)61)63(49-31-25-41-13-5-7-15-45(41)37-49)47-27-21-43(22-28-47)44-23-29-48(30-24-44)64(50-32-26-42-14-6-8-16-46(42)38-50)52-34-36-56-54-18-10-12-20-58(54)62(3,4)60(56)40-52/h5-40H,1-4H3. The number of nitrogens with zero attached hydrogens (tertiary/aromatic N) is 2. The SMILES string of the molecule is CC1(C)c2ccccc2-c2ccc(N(c3ccc(-c4ccc(N(c5ccc6c(c5)C(C)(C)c5ccccc5-6)c5ccc6ccccc6c5)cc4)cc3)c3ccc4ccccc4c3)cc21. The first-order valence-electron chi connectivity index (χ1n) is 22.5. The van der Waals surface area contributed by atoms with Crippen molar-refractivity contribution in [2.24, 2.45) is 0 Å². The Hall–Kier alpha value is -7.68. The van der Waals surface area contributed by atoms with Crippen LogP contribution in [0.25, 0.3) is 54.9 Å². The molecule has 2 heteroatoms. The molecule has 10 aromatic carbocycles. The van der Waals surface area contributed by atoms with Crippen molar-refractivity contribution in [2.45, 2.75) is 38.5 Å². The number of anilines is 6. The van der Waals surface area contributed by atoms with Crippen molar-refractivity contribution >= 4 is 55.7 Å². The first kappa shape index (κ1) is 38.0. The zero-order valence-electron chi connectivity index (χ0n) is 36.7. The summed E-state index contributed by atoms with van der Waals surface area (Å²) in [6, 6.07) is 80.9. The molecule has 0 heterocycles. The molecule has 0 radical (unpaired) electrons. The van der Waals surface area contributed by atoms with Crippen molar-refractivity contribution in [3.63, 3.8) is 0 Å². The lowest BCUT2D eigenvalue weighted by Crippen LogP contribution is -2.16. The molecule has 0 N–H and O–H groups in total. The summed E-state index contributed by atoms with van der Waals surface area (Å²) in [5, 5.41) is 4.92. The van der Waals surface area contributed by atoms with Crippen molar-refractivity contribution in [2.75, 3.05) is 9.80 Å². The zero-order chi connectivity index (χ0) is 43.2. The van der Waals surface area contributed by atoms with Gasteiger partial charge in [0.1, 0.15) is 0 Å². The van der Waals surface area contributed by atoms with E-state index < -0.39 is 0 Å². The predicted molar refractivity (Wildman–Crippen MR) is 271 cm³/mol. The maximum atomic E-state index is 2.42. The van der Waals surface area contributed by atoms with E-state index in [0.717, 1.165) is 34.1 Å². The van der Waals surface area contributed by atoms with E-state index in [-0.39, 0.29) is 10.8 Å². The molecule has 0 aromatic heterocycles. The van der Waals surface area contributed by atoms with E-state index >= 15 is 0 Å². The largest absolute Gasteiger partial charge is 0.310 e. The molecule has 0 spiro atoms. The molecular formula is C62H48N2. The van der Waals surface area contributed by atoms with Gasteiger partial charge in [-0.15, -0.1) is 0 Å². The van der Waals surface area contributed by atoms with Gasteiger partial charge in [0.05, 0.1) is 0 Å². The van der Waals surface area contributed by atoms with E-state index in [0.29, 0.717) is 0 Å². The lowest BCUT2D eigenvalue weighted by atomic mass is 9.82. The van der Waals surface area contributed by atoms with Crippen LogP contribution in [0, 0.1) is 0 Å². The van der Waals surface area contributed by atoms with E-state index in [4.69, 9.17) is 0 Å². The van der Waals surface area contributed by atoms with Gasteiger partial charge in [-0.3, -0.25) is 0 Å². The summed E-state index contributed by atoms with van der Waals surface area (Å²) >= 11 is 0. The topological polar surface area (TPSA) is 6.48 Å². The van der Waals surface area contributed by atoms with E-state index in [9.17, 15) is 0 Å². The van der Waals surface area contributed by atoms with Gasteiger partial charge in [0.25, 0.3) is 0 Å². The molecule has 10 aromatic rings. The molecule has 0 saturated carbocycles. The minimum absolute atomic E-state index is 0.0973. The van der Waals surface area contributed by atoms with Gasteiger partial charge in [-0.1, -0.05) is 173 Å². The number of hydrogen-bond donors (Lipinski definition) is 0. The summed E-state index contributed by atoms with van der Waals surface area (Å²) in [5.41, 5.74) is 19.8. The van der Waals surface area contributed by atoms with Crippen LogP contribution < -0.4 is 9.80 Å². The van der Waals surface area contributed by atoms with Crippen LogP contribution in [0.1, 0.15) is 49.9 Å². The van der Waals surface area contributed by atoms with Gasteiger partial charge in [0.2, 0.25) is 0 Å². The fourth-order valence-corrected chi connectivity index (χ4v) is 10.8. The average molecular weight is 821 g/mol. The van der Waals surface area contributed by atoms with Crippen molar-refractivity contribution in [3.8, 4) is 33.4 Å². The smallest absolute Gasteiger partial charge is 0.0468 e. The van der Waals surface area contributed by atoms with Crippen LogP contribution in [0.2, 0.25) is 0 Å². The van der Waals surface area contributed by atoms with Crippen LogP contribution in [0.5, 0.6) is 0 Å². The summed E-state index contributed by atoms with van der Waals surface area (Å²) < 4.78 is 0. The fraction of sp³-hybridized carbons (Fsp3) is 0.0968. The molecule has 0 aliphatic heterocycles. The third-order valence-corrected chi connectivity index (χ3v) is 14.2. The molecule has 0 saturated heterocycles. The van der Waals surface area contributed by atoms with Crippen LogP contribution in [0.15, 0.2) is 218 Å². The van der Waals surface area contributed by atoms with Crippen molar-refractivity contribution in [3.05, 3.63) is 241 Å². The second kappa shape index (κ2) is 14.4. The van der Waals surface area contributed by atoms with Crippen molar-refractivity contribution in [1.29, 1.82) is 0 Å². The molecule has 0 amide bonds. The molecule has 12 rings (SSSR count). The lowest BCUT2D eigenvalue weighted by molar-refractivity contribution is 0.660. The number of fused-ring (bicyclic) bond motifs is 8. The lowest BCUT2D eigenvalue weighted by Gasteiger charge is -2.29. The molecule has 0 atom stereocenters. The highest BCUT2D eigenvalue weighted by atomic mass is 15.1. The third-order valence-electron chi connectivity index (χ3n) is 14.2. The summed E-state index contributed by atoms with van der Waals surface area (Å²) in [4.78, 5) is 4.83. The zero-order valence-corrected chi connectivity index (χ0v) is 36.7. The van der Waals surface area contributed by atoms with E-state index in [1.807, 2.05) is 0 Å². The minimum atomic E-state index is -0.0973. The average Bonchev–Trinajstić information content (AvgIpc) is 3.71. The van der Waals surface area contributed by atoms with E-state index in [1.165, 1.54) is 77.2 Å². The van der Waals surface area contributed by atoms with Gasteiger partial charge in [-0.2, -0.15) is 0 Å². The molecule has 2 nitrogen and oxygen atoms in total. The second-order valence-electron chi connectivity index (χ2n) is 18.6. The van der Waals surface area contributed by atoms with Gasteiger partial charge in [0.15, 0.2) is 0 Å². The Labute approximate surface area is 376 Å². The normalized spacial score (nSPS) is 13.9. The number of benzene rings is 10. The van der Waals surface area contributed by atoms with Crippen LogP contribution in [0.4, 0.5) is 34.1 Å². The minimum Gasteiger partial charge on any atom is -0.310 e. The van der Waals surface area contributed by atoms with Gasteiger partial charge in [-0.05, 0) is 150 Å². The fourth-order valence-electron chi connectivity index (χ4n) is 10.8. The van der Waals surface area contributed by atoms with E-state index in [1.54, 1.807) is 0 Å². The Morgan fingerprint density at radius 2 is 0.562 bits per heavy atom. The summed E-state index contributed by atoms with van der Waals surface area (Å²) in [6.07, 6.45) is 0. The van der Waals surface area contributed by atoms with Crippen molar-refractivity contribution < 1.29 is 0 Å². The summed E-state index contributed by atoms with van der Waals surface area (Å²) in [6.45, 7) is 9.42. The summed E-state index contributed by atoms with van der Waals surface area (Å²) in [5.74, 6) is 0. The van der Waals surface area contributed by atoms with Gasteiger partial charge < -0.3 is 9.80 Å². The maximum absolute atomic E-state index is 2.42. The van der Waals surface area contributed by atoms with Crippen LogP contribution in [-0.4, -0.2) is 0 Å². The maximum Gasteiger partial charge on any atom is 0.0468 e. The Kier molecular flexibility index (Phi) is 8.58.